The number of carbonyl (C=O) groups excluding carboxylic acids is 2. The molecular weight excluding hydrogens is 574 g/mol. The third kappa shape index (κ3) is 8.44. The number of anilines is 1. The Bertz CT molecular complexity index is 1460. The van der Waals surface area contributed by atoms with Gasteiger partial charge < -0.3 is 19.5 Å². The van der Waals surface area contributed by atoms with Crippen molar-refractivity contribution in [3.8, 4) is 17.2 Å². The molecule has 0 bridgehead atoms. The zero-order valence-electron chi connectivity index (χ0n) is 21.8. The van der Waals surface area contributed by atoms with E-state index in [0.29, 0.717) is 51.7 Å². The normalized spacial score (nSPS) is 10.7. The lowest BCUT2D eigenvalue weighted by Gasteiger charge is -2.13. The van der Waals surface area contributed by atoms with Crippen LogP contribution in [0.5, 0.6) is 17.2 Å². The number of halogens is 1. The highest BCUT2D eigenvalue weighted by atomic mass is 79.9. The molecule has 0 unspecified atom stereocenters. The lowest BCUT2D eigenvalue weighted by molar-refractivity contribution is -0.118. The second-order valence-electron chi connectivity index (χ2n) is 8.46. The van der Waals surface area contributed by atoms with Gasteiger partial charge >= 0.3 is 0 Å². The van der Waals surface area contributed by atoms with Gasteiger partial charge in [0.1, 0.15) is 12.4 Å². The summed E-state index contributed by atoms with van der Waals surface area (Å²) in [6, 6.07) is 29.2. The van der Waals surface area contributed by atoms with Crippen molar-refractivity contribution in [1.29, 1.82) is 0 Å². The third-order valence-electron chi connectivity index (χ3n) is 5.49. The molecule has 4 aromatic carbocycles. The summed E-state index contributed by atoms with van der Waals surface area (Å²) in [5.74, 6) is 0.870. The molecule has 0 saturated heterocycles. The molecule has 4 aromatic rings. The molecule has 8 nitrogen and oxygen atoms in total. The summed E-state index contributed by atoms with van der Waals surface area (Å²) in [6.07, 6.45) is 1.51. The first-order valence-electron chi connectivity index (χ1n) is 12.6. The standard InChI is InChI=1S/C31H28BrN3O5/c1-2-38-29-18-24(14-16-28(29)39-20-22-9-5-3-6-10-22)31(37)35-33-19-23-13-15-27(26(32)17-23)40-21-30(36)34-25-11-7-4-8-12-25/h3-19H,2,20-21H2,1H3,(H,34,36)(H,35,37)/b33-19+. The van der Waals surface area contributed by atoms with Crippen molar-refractivity contribution in [2.45, 2.75) is 13.5 Å². The van der Waals surface area contributed by atoms with Crippen molar-refractivity contribution in [1.82, 2.24) is 5.43 Å². The van der Waals surface area contributed by atoms with E-state index in [1.807, 2.05) is 55.5 Å². The number of para-hydroxylation sites is 1. The highest BCUT2D eigenvalue weighted by molar-refractivity contribution is 9.10. The number of carbonyl (C=O) groups is 2. The minimum atomic E-state index is -0.393. The summed E-state index contributed by atoms with van der Waals surface area (Å²) in [4.78, 5) is 24.8. The van der Waals surface area contributed by atoms with Crippen LogP contribution >= 0.6 is 15.9 Å². The van der Waals surface area contributed by atoms with E-state index in [0.717, 1.165) is 5.56 Å². The van der Waals surface area contributed by atoms with E-state index in [1.54, 1.807) is 48.5 Å². The SMILES string of the molecule is CCOc1cc(C(=O)N/N=C/c2ccc(OCC(=O)Nc3ccccc3)c(Br)c2)ccc1OCc1ccccc1. The Hall–Kier alpha value is -4.63. The fraction of sp³-hybridized carbons (Fsp3) is 0.129. The second kappa shape index (κ2) is 14.5. The van der Waals surface area contributed by atoms with Gasteiger partial charge in [0.25, 0.3) is 11.8 Å². The van der Waals surface area contributed by atoms with Crippen LogP contribution in [0.1, 0.15) is 28.4 Å². The van der Waals surface area contributed by atoms with Gasteiger partial charge in [0, 0.05) is 11.3 Å². The maximum atomic E-state index is 12.7. The first kappa shape index (κ1) is 28.4. The molecule has 0 fully saturated rings. The minimum Gasteiger partial charge on any atom is -0.490 e. The predicted octanol–water partition coefficient (Wildman–Crippen LogP) is 6.21. The number of amides is 2. The number of ether oxygens (including phenoxy) is 3. The summed E-state index contributed by atoms with van der Waals surface area (Å²) in [5, 5.41) is 6.83. The van der Waals surface area contributed by atoms with Gasteiger partial charge in [-0.05, 0) is 82.5 Å². The summed E-state index contributed by atoms with van der Waals surface area (Å²) >= 11 is 3.45. The fourth-order valence-electron chi connectivity index (χ4n) is 3.58. The molecule has 0 radical (unpaired) electrons. The maximum absolute atomic E-state index is 12.7. The number of nitrogens with one attached hydrogen (secondary N) is 2. The lowest BCUT2D eigenvalue weighted by Crippen LogP contribution is -2.20. The van der Waals surface area contributed by atoms with E-state index in [2.05, 4.69) is 31.8 Å². The third-order valence-corrected chi connectivity index (χ3v) is 6.11. The number of hydrogen-bond donors (Lipinski definition) is 2. The average molecular weight is 602 g/mol. The Morgan fingerprint density at radius 1 is 0.825 bits per heavy atom. The molecule has 2 N–H and O–H groups in total. The van der Waals surface area contributed by atoms with Crippen LogP contribution < -0.4 is 25.0 Å². The Balaban J connectivity index is 1.30. The zero-order valence-corrected chi connectivity index (χ0v) is 23.4. The quantitative estimate of drug-likeness (QED) is 0.149. The molecule has 0 heterocycles. The van der Waals surface area contributed by atoms with Crippen molar-refractivity contribution in [2.75, 3.05) is 18.5 Å². The number of rotatable bonds is 12. The van der Waals surface area contributed by atoms with Crippen LogP contribution in [0.15, 0.2) is 107 Å². The van der Waals surface area contributed by atoms with E-state index >= 15 is 0 Å². The van der Waals surface area contributed by atoms with E-state index < -0.39 is 5.91 Å². The monoisotopic (exact) mass is 601 g/mol. The highest BCUT2D eigenvalue weighted by Gasteiger charge is 2.12. The van der Waals surface area contributed by atoms with Crippen molar-refractivity contribution in [3.05, 3.63) is 118 Å². The van der Waals surface area contributed by atoms with Crippen LogP contribution in [0.2, 0.25) is 0 Å². The molecular formula is C31H28BrN3O5. The van der Waals surface area contributed by atoms with Crippen molar-refractivity contribution < 1.29 is 23.8 Å². The molecule has 0 spiro atoms. The summed E-state index contributed by atoms with van der Waals surface area (Å²) in [7, 11) is 0. The first-order chi connectivity index (χ1) is 19.5. The van der Waals surface area contributed by atoms with Crippen LogP contribution in [0.4, 0.5) is 5.69 Å². The minimum absolute atomic E-state index is 0.142. The van der Waals surface area contributed by atoms with E-state index in [9.17, 15) is 9.59 Å². The average Bonchev–Trinajstić information content (AvgIpc) is 2.97. The topological polar surface area (TPSA) is 98.3 Å². The number of hydrogen-bond acceptors (Lipinski definition) is 6. The molecule has 0 aliphatic heterocycles. The Kier molecular flexibility index (Phi) is 10.3. The van der Waals surface area contributed by atoms with E-state index in [4.69, 9.17) is 14.2 Å². The summed E-state index contributed by atoms with van der Waals surface area (Å²) < 4.78 is 17.9. The smallest absolute Gasteiger partial charge is 0.271 e. The zero-order chi connectivity index (χ0) is 28.2. The Morgan fingerprint density at radius 3 is 2.27 bits per heavy atom. The van der Waals surface area contributed by atoms with Crippen molar-refractivity contribution >= 4 is 39.6 Å². The highest BCUT2D eigenvalue weighted by Crippen LogP contribution is 2.29. The number of nitrogens with zero attached hydrogens (tertiary/aromatic N) is 1. The molecule has 2 amide bonds. The van der Waals surface area contributed by atoms with Gasteiger partial charge in [0.15, 0.2) is 18.1 Å². The first-order valence-corrected chi connectivity index (χ1v) is 13.4. The summed E-state index contributed by atoms with van der Waals surface area (Å²) in [5.41, 5.74) is 5.35. The summed E-state index contributed by atoms with van der Waals surface area (Å²) in [6.45, 7) is 2.54. The van der Waals surface area contributed by atoms with Crippen molar-refractivity contribution in [3.63, 3.8) is 0 Å². The molecule has 4 rings (SSSR count). The largest absolute Gasteiger partial charge is 0.490 e. The fourth-order valence-corrected chi connectivity index (χ4v) is 4.09. The molecule has 0 saturated carbocycles. The van der Waals surface area contributed by atoms with E-state index in [-0.39, 0.29) is 12.5 Å². The van der Waals surface area contributed by atoms with Crippen LogP contribution in [-0.4, -0.2) is 31.2 Å². The Labute approximate surface area is 241 Å². The van der Waals surface area contributed by atoms with Crippen LogP contribution in [-0.2, 0) is 11.4 Å². The molecule has 9 heteroatoms. The van der Waals surface area contributed by atoms with Crippen LogP contribution in [0.3, 0.4) is 0 Å². The molecule has 0 aromatic heterocycles. The van der Waals surface area contributed by atoms with Gasteiger partial charge in [0.2, 0.25) is 0 Å². The van der Waals surface area contributed by atoms with Gasteiger partial charge in [-0.3, -0.25) is 9.59 Å². The van der Waals surface area contributed by atoms with Crippen LogP contribution in [0, 0.1) is 0 Å². The van der Waals surface area contributed by atoms with Gasteiger partial charge in [-0.25, -0.2) is 5.43 Å². The van der Waals surface area contributed by atoms with Gasteiger partial charge in [-0.2, -0.15) is 5.10 Å². The van der Waals surface area contributed by atoms with Gasteiger partial charge in [0.05, 0.1) is 17.3 Å². The second-order valence-corrected chi connectivity index (χ2v) is 9.32. The predicted molar refractivity (Wildman–Crippen MR) is 158 cm³/mol. The molecule has 0 atom stereocenters. The number of benzene rings is 4. The van der Waals surface area contributed by atoms with E-state index in [1.165, 1.54) is 6.21 Å². The molecule has 204 valence electrons. The lowest BCUT2D eigenvalue weighted by atomic mass is 10.2. The van der Waals surface area contributed by atoms with Gasteiger partial charge in [-0.1, -0.05) is 48.5 Å². The molecule has 0 aliphatic carbocycles. The maximum Gasteiger partial charge on any atom is 0.271 e. The van der Waals surface area contributed by atoms with Gasteiger partial charge in [-0.15, -0.1) is 0 Å². The Morgan fingerprint density at radius 2 is 1.55 bits per heavy atom. The molecule has 40 heavy (non-hydrogen) atoms. The van der Waals surface area contributed by atoms with Crippen molar-refractivity contribution in [2.24, 2.45) is 5.10 Å². The molecule has 0 aliphatic rings. The number of hydrazone groups is 1. The van der Waals surface area contributed by atoms with Crippen LogP contribution in [0.25, 0.3) is 0 Å².